The molecule has 0 unspecified atom stereocenters. The van der Waals surface area contributed by atoms with Crippen molar-refractivity contribution >= 4 is 55.8 Å². The molecule has 0 saturated carbocycles. The molecule has 0 fully saturated rings. The maximum atomic E-state index is 11.2. The highest BCUT2D eigenvalue weighted by Crippen LogP contribution is 2.33. The lowest BCUT2D eigenvalue weighted by atomic mass is 10.1. The Morgan fingerprint density at radius 3 is 1.54 bits per heavy atom. The second-order valence-electron chi connectivity index (χ2n) is 6.52. The number of ether oxygens (including phenoxy) is 1. The van der Waals surface area contributed by atoms with Gasteiger partial charge in [-0.05, 0) is 19.4 Å². The fourth-order valence-electron chi connectivity index (χ4n) is 2.48. The molecule has 0 aliphatic rings. The van der Waals surface area contributed by atoms with E-state index in [0.717, 1.165) is 12.8 Å². The summed E-state index contributed by atoms with van der Waals surface area (Å²) in [5.74, 6) is -0.261. The summed E-state index contributed by atoms with van der Waals surface area (Å²) < 4.78 is 3.72. The number of carbonyl (C=O) groups excluding carboxylic acids is 1. The first kappa shape index (κ1) is 24.9. The number of carbonyl (C=O) groups is 1. The van der Waals surface area contributed by atoms with Gasteiger partial charge in [-0.15, -0.1) is 0 Å². The molecule has 0 radical (unpaired) electrons. The summed E-state index contributed by atoms with van der Waals surface area (Å²) in [6.45, 7) is 5.79. The van der Waals surface area contributed by atoms with Gasteiger partial charge in [-0.1, -0.05) is 123 Å². The quantitative estimate of drug-likeness (QED) is 0.0643. The Morgan fingerprint density at radius 2 is 1.17 bits per heavy atom. The van der Waals surface area contributed by atoms with Crippen LogP contribution in [0.4, 0.5) is 0 Å². The van der Waals surface area contributed by atoms with E-state index in [1.54, 1.807) is 6.92 Å². The third-order valence-electron chi connectivity index (χ3n) is 3.94. The van der Waals surface area contributed by atoms with Crippen LogP contribution in [0.5, 0.6) is 0 Å². The van der Waals surface area contributed by atoms with E-state index in [1.165, 1.54) is 70.3 Å². The normalized spacial score (nSPS) is 11.5. The Morgan fingerprint density at radius 1 is 0.792 bits per heavy atom. The van der Waals surface area contributed by atoms with Gasteiger partial charge in [0.25, 0.3) is 3.93 Å². The van der Waals surface area contributed by atoms with Gasteiger partial charge in [-0.25, -0.2) is 4.79 Å². The largest absolute Gasteiger partial charge is 0.462 e. The first-order valence-electron chi connectivity index (χ1n) is 9.22. The maximum Gasteiger partial charge on any atom is 0.333 e. The summed E-state index contributed by atoms with van der Waals surface area (Å²) in [6.07, 6.45) is 15.6. The smallest absolute Gasteiger partial charge is 0.333 e. The van der Waals surface area contributed by atoms with E-state index in [9.17, 15) is 4.79 Å². The zero-order chi connectivity index (χ0) is 18.3. The minimum absolute atomic E-state index is 0.261. The molecule has 2 nitrogen and oxygen atoms in total. The summed E-state index contributed by atoms with van der Waals surface area (Å²) in [7, 11) is 0. The average Bonchev–Trinajstić information content (AvgIpc) is 2.49. The minimum Gasteiger partial charge on any atom is -0.462 e. The van der Waals surface area contributed by atoms with Crippen LogP contribution in [0.3, 0.4) is 0 Å². The predicted octanol–water partition coefficient (Wildman–Crippen LogP) is 7.91. The van der Waals surface area contributed by atoms with Gasteiger partial charge in [0.1, 0.15) is 0 Å². The Bertz CT molecular complexity index is 344. The zero-order valence-electron chi connectivity index (χ0n) is 15.1. The third kappa shape index (κ3) is 19.2. The van der Waals surface area contributed by atoms with E-state index in [4.69, 9.17) is 4.74 Å². The average molecular weight is 549 g/mol. The van der Waals surface area contributed by atoms with E-state index in [0.29, 0.717) is 12.2 Å². The molecule has 0 aliphatic carbocycles. The topological polar surface area (TPSA) is 26.3 Å². The lowest BCUT2D eigenvalue weighted by Gasteiger charge is -2.08. The van der Waals surface area contributed by atoms with Crippen molar-refractivity contribution in [3.05, 3.63) is 12.2 Å². The van der Waals surface area contributed by atoms with Gasteiger partial charge < -0.3 is 4.74 Å². The fourth-order valence-corrected chi connectivity index (χ4v) is 5.66. The second kappa shape index (κ2) is 16.1. The maximum absolute atomic E-state index is 11.2. The van der Waals surface area contributed by atoms with Crippen LogP contribution in [0.25, 0.3) is 0 Å². The highest BCUT2D eigenvalue weighted by molar-refractivity contribution is 9.72. The molecular formula is C18H33Br3O2Si. The molecule has 0 aliphatic heterocycles. The van der Waals surface area contributed by atoms with Gasteiger partial charge in [0, 0.05) is 5.57 Å². The van der Waals surface area contributed by atoms with Crippen molar-refractivity contribution < 1.29 is 9.53 Å². The van der Waals surface area contributed by atoms with Crippen LogP contribution >= 0.6 is 45.9 Å². The van der Waals surface area contributed by atoms with Gasteiger partial charge in [0.05, 0.1) is 6.61 Å². The third-order valence-corrected chi connectivity index (χ3v) is 8.43. The molecular weight excluding hydrogens is 516 g/mol. The predicted molar refractivity (Wildman–Crippen MR) is 119 cm³/mol. The van der Waals surface area contributed by atoms with Crippen molar-refractivity contribution in [2.75, 3.05) is 6.61 Å². The Kier molecular flexibility index (Phi) is 16.7. The fraction of sp³-hybridized carbons (Fsp3) is 0.833. The van der Waals surface area contributed by atoms with E-state index in [2.05, 4.69) is 52.5 Å². The first-order valence-corrected chi connectivity index (χ1v) is 18.2. The highest BCUT2D eigenvalue weighted by atomic mass is 80.0. The number of esters is 1. The van der Waals surface area contributed by atoms with E-state index < -0.39 is 3.93 Å². The molecule has 6 heteroatoms. The second-order valence-corrected chi connectivity index (χ2v) is 30.0. The van der Waals surface area contributed by atoms with Crippen molar-refractivity contribution in [1.29, 1.82) is 0 Å². The van der Waals surface area contributed by atoms with Gasteiger partial charge in [0.15, 0.2) is 0 Å². The molecule has 0 aromatic carbocycles. The summed E-state index contributed by atoms with van der Waals surface area (Å²) in [5, 5.41) is 0. The number of halogens is 3. The molecule has 0 N–H and O–H groups in total. The molecule has 0 spiro atoms. The standard InChI is InChI=1S/C18H33Br3O2Si/c1-17(2)18(22)23-15-13-11-9-7-5-3-4-6-8-10-12-14-16-24(19,20)21/h1,3-16H2,2H3. The van der Waals surface area contributed by atoms with Crippen molar-refractivity contribution in [2.24, 2.45) is 0 Å². The Balaban J connectivity index is 3.13. The van der Waals surface area contributed by atoms with Gasteiger partial charge in [-0.3, -0.25) is 0 Å². The zero-order valence-corrected chi connectivity index (χ0v) is 20.8. The van der Waals surface area contributed by atoms with Gasteiger partial charge in [-0.2, -0.15) is 0 Å². The lowest BCUT2D eigenvalue weighted by molar-refractivity contribution is -0.139. The van der Waals surface area contributed by atoms with Crippen molar-refractivity contribution in [1.82, 2.24) is 0 Å². The van der Waals surface area contributed by atoms with E-state index >= 15 is 0 Å². The Hall–Kier alpha value is 0.867. The summed E-state index contributed by atoms with van der Waals surface area (Å²) in [5.41, 5.74) is 0.485. The molecule has 142 valence electrons. The monoisotopic (exact) mass is 546 g/mol. The molecule has 0 saturated heterocycles. The first-order chi connectivity index (χ1) is 11.3. The van der Waals surface area contributed by atoms with Crippen molar-refractivity contribution in [3.8, 4) is 0 Å². The number of rotatable bonds is 16. The van der Waals surface area contributed by atoms with Crippen LogP contribution in [0.1, 0.15) is 84.0 Å². The number of unbranched alkanes of at least 4 members (excludes halogenated alkanes) is 11. The number of hydrogen-bond donors (Lipinski definition) is 0. The van der Waals surface area contributed by atoms with Crippen LogP contribution in [-0.4, -0.2) is 16.5 Å². The van der Waals surface area contributed by atoms with E-state index in [-0.39, 0.29) is 5.97 Å². The van der Waals surface area contributed by atoms with Crippen LogP contribution in [0.15, 0.2) is 12.2 Å². The molecule has 24 heavy (non-hydrogen) atoms. The van der Waals surface area contributed by atoms with Crippen LogP contribution < -0.4 is 0 Å². The van der Waals surface area contributed by atoms with Crippen molar-refractivity contribution in [2.45, 2.75) is 90.0 Å². The molecule has 0 heterocycles. The lowest BCUT2D eigenvalue weighted by Crippen LogP contribution is -2.05. The molecule has 0 aromatic rings. The minimum atomic E-state index is -1.36. The SMILES string of the molecule is C=C(C)C(=O)OCCCCCCCCCCCCCC[Si](Br)(Br)Br. The molecule has 0 atom stereocenters. The van der Waals surface area contributed by atoms with Gasteiger partial charge in [0.2, 0.25) is 0 Å². The van der Waals surface area contributed by atoms with Gasteiger partial charge >= 0.3 is 5.97 Å². The van der Waals surface area contributed by atoms with Crippen LogP contribution in [0, 0.1) is 0 Å². The highest BCUT2D eigenvalue weighted by Gasteiger charge is 2.20. The summed E-state index contributed by atoms with van der Waals surface area (Å²) in [6, 6.07) is 1.25. The Labute approximate surface area is 173 Å². The van der Waals surface area contributed by atoms with Crippen LogP contribution in [0.2, 0.25) is 6.04 Å². The molecule has 0 bridgehead atoms. The summed E-state index contributed by atoms with van der Waals surface area (Å²) in [4.78, 5) is 11.2. The molecule has 0 amide bonds. The van der Waals surface area contributed by atoms with E-state index in [1.807, 2.05) is 0 Å². The summed E-state index contributed by atoms with van der Waals surface area (Å²) >= 11 is 11.0. The number of hydrogen-bond acceptors (Lipinski definition) is 2. The van der Waals surface area contributed by atoms with Crippen LogP contribution in [-0.2, 0) is 9.53 Å². The molecule has 0 rings (SSSR count). The molecule has 0 aromatic heterocycles. The van der Waals surface area contributed by atoms with Crippen molar-refractivity contribution in [3.63, 3.8) is 0 Å².